The maximum Gasteiger partial charge on any atom is 0.308 e. The molecule has 5 aliphatic rings. The van der Waals surface area contributed by atoms with Crippen LogP contribution in [0.4, 0.5) is 0 Å². The maximum absolute atomic E-state index is 12.0. The summed E-state index contributed by atoms with van der Waals surface area (Å²) in [5, 5.41) is 0. The molecule has 0 aromatic rings. The highest BCUT2D eigenvalue weighted by Crippen LogP contribution is 2.69. The van der Waals surface area contributed by atoms with Crippen LogP contribution in [0.15, 0.2) is 11.6 Å². The van der Waals surface area contributed by atoms with E-state index in [1.54, 1.807) is 0 Å². The normalized spacial score (nSPS) is 50.8. The van der Waals surface area contributed by atoms with Gasteiger partial charge in [-0.2, -0.15) is 0 Å². The Hall–Kier alpha value is -1.16. The van der Waals surface area contributed by atoms with Gasteiger partial charge in [0, 0.05) is 6.42 Å². The van der Waals surface area contributed by atoms with Crippen LogP contribution in [0.1, 0.15) is 72.1 Å². The number of carbonyl (C=O) groups excluding carboxylic acids is 2. The summed E-state index contributed by atoms with van der Waals surface area (Å²) in [6.07, 6.45) is 10.5. The van der Waals surface area contributed by atoms with Crippen molar-refractivity contribution in [3.8, 4) is 0 Å². The van der Waals surface area contributed by atoms with Crippen molar-refractivity contribution >= 4 is 11.8 Å². The Morgan fingerprint density at radius 1 is 1.21 bits per heavy atom. The zero-order valence-corrected chi connectivity index (χ0v) is 18.4. The summed E-state index contributed by atoms with van der Waals surface area (Å²) in [4.78, 5) is 23.9. The second kappa shape index (κ2) is 6.67. The summed E-state index contributed by atoms with van der Waals surface area (Å²) >= 11 is 0. The number of hydrogen-bond acceptors (Lipinski definition) is 4. The molecular formula is C25H36O4. The molecule has 4 fully saturated rings. The molecule has 0 bridgehead atoms. The van der Waals surface area contributed by atoms with Gasteiger partial charge in [-0.1, -0.05) is 26.3 Å². The van der Waals surface area contributed by atoms with Crippen molar-refractivity contribution in [1.29, 1.82) is 0 Å². The number of allylic oxidation sites excluding steroid dienone is 1. The molecule has 160 valence electrons. The van der Waals surface area contributed by atoms with E-state index < -0.39 is 0 Å². The largest absolute Gasteiger partial charge is 0.469 e. The van der Waals surface area contributed by atoms with Gasteiger partial charge in [-0.3, -0.25) is 9.59 Å². The van der Waals surface area contributed by atoms with Gasteiger partial charge in [-0.05, 0) is 85.0 Å². The highest BCUT2D eigenvalue weighted by atomic mass is 16.5. The lowest BCUT2D eigenvalue weighted by Gasteiger charge is -2.58. The summed E-state index contributed by atoms with van der Waals surface area (Å²) in [6, 6.07) is 0. The van der Waals surface area contributed by atoms with Crippen LogP contribution < -0.4 is 0 Å². The van der Waals surface area contributed by atoms with Gasteiger partial charge in [0.05, 0.1) is 25.7 Å². The van der Waals surface area contributed by atoms with Crippen molar-refractivity contribution in [3.05, 3.63) is 11.6 Å². The number of hydrogen-bond donors (Lipinski definition) is 0. The molecule has 29 heavy (non-hydrogen) atoms. The van der Waals surface area contributed by atoms with Crippen LogP contribution in [0.3, 0.4) is 0 Å². The molecule has 4 aliphatic carbocycles. The van der Waals surface area contributed by atoms with E-state index in [0.717, 1.165) is 31.6 Å². The number of esters is 1. The van der Waals surface area contributed by atoms with Crippen molar-refractivity contribution in [2.45, 2.75) is 84.3 Å². The van der Waals surface area contributed by atoms with Crippen LogP contribution in [0.2, 0.25) is 0 Å². The Balaban J connectivity index is 1.39. The predicted molar refractivity (Wildman–Crippen MR) is 110 cm³/mol. The second-order valence-electron chi connectivity index (χ2n) is 11.1. The van der Waals surface area contributed by atoms with E-state index in [9.17, 15) is 9.59 Å². The molecule has 0 aromatic carbocycles. The molecule has 1 heterocycles. The lowest BCUT2D eigenvalue weighted by atomic mass is 9.46. The average Bonchev–Trinajstić information content (AvgIpc) is 3.16. The number of fused-ring (bicyclic) bond motifs is 7. The van der Waals surface area contributed by atoms with Crippen LogP contribution in [0.25, 0.3) is 0 Å². The monoisotopic (exact) mass is 400 g/mol. The van der Waals surface area contributed by atoms with Gasteiger partial charge in [0.1, 0.15) is 0 Å². The second-order valence-corrected chi connectivity index (χ2v) is 11.1. The third kappa shape index (κ3) is 2.73. The van der Waals surface area contributed by atoms with Crippen molar-refractivity contribution in [2.75, 3.05) is 7.11 Å². The van der Waals surface area contributed by atoms with E-state index in [0.29, 0.717) is 47.4 Å². The molecule has 5 rings (SSSR count). The smallest absolute Gasteiger partial charge is 0.308 e. The standard InChI is InChI=1S/C25H36O4/c1-14-20(13-22(27)28-4)29-21-12-19-17-6-5-15-11-16(26)7-9-24(15,2)18(17)8-10-25(19,3)23(14)21/h11,14,17-21,23H,5-10,12-13H2,1-4H3/t14-,17-,18+,19+,20?,21?,23+,24+,25+/m1/s1. The zero-order valence-electron chi connectivity index (χ0n) is 18.4. The maximum atomic E-state index is 12.0. The summed E-state index contributed by atoms with van der Waals surface area (Å²) in [5.41, 5.74) is 1.99. The summed E-state index contributed by atoms with van der Waals surface area (Å²) in [5.74, 6) is 3.34. The lowest BCUT2D eigenvalue weighted by Crippen LogP contribution is -2.51. The van der Waals surface area contributed by atoms with E-state index >= 15 is 0 Å². The van der Waals surface area contributed by atoms with Gasteiger partial charge in [-0.25, -0.2) is 0 Å². The first-order valence-corrected chi connectivity index (χ1v) is 11.7. The summed E-state index contributed by atoms with van der Waals surface area (Å²) in [7, 11) is 1.46. The van der Waals surface area contributed by atoms with Crippen molar-refractivity contribution < 1.29 is 19.1 Å². The first-order valence-electron chi connectivity index (χ1n) is 11.7. The Morgan fingerprint density at radius 2 is 2.00 bits per heavy atom. The number of ether oxygens (including phenoxy) is 2. The molecule has 0 spiro atoms. The fourth-order valence-electron chi connectivity index (χ4n) is 8.73. The Labute approximate surface area is 174 Å². The van der Waals surface area contributed by atoms with Gasteiger partial charge in [0.15, 0.2) is 5.78 Å². The van der Waals surface area contributed by atoms with E-state index in [1.165, 1.54) is 31.9 Å². The van der Waals surface area contributed by atoms with Crippen molar-refractivity contribution in [3.63, 3.8) is 0 Å². The van der Waals surface area contributed by atoms with Crippen LogP contribution in [0.5, 0.6) is 0 Å². The molecule has 1 saturated heterocycles. The van der Waals surface area contributed by atoms with E-state index in [-0.39, 0.29) is 17.5 Å². The SMILES string of the molecule is COC(=O)CC1OC2C[C@H]3[C@@H]4CCC5=CC(=O)CC[C@]5(C)[C@H]4CC[C@]3(C)[C@H]2[C@@H]1C. The van der Waals surface area contributed by atoms with Crippen LogP contribution in [0, 0.1) is 40.4 Å². The predicted octanol–water partition coefficient (Wildman–Crippen LogP) is 4.71. The zero-order chi connectivity index (χ0) is 20.6. The third-order valence-electron chi connectivity index (χ3n) is 10.1. The Kier molecular flexibility index (Phi) is 4.55. The average molecular weight is 401 g/mol. The lowest BCUT2D eigenvalue weighted by molar-refractivity contribution is -0.144. The third-order valence-corrected chi connectivity index (χ3v) is 10.1. The molecule has 1 aliphatic heterocycles. The quantitative estimate of drug-likeness (QED) is 0.630. The molecule has 0 radical (unpaired) electrons. The first kappa shape index (κ1) is 19.8. The van der Waals surface area contributed by atoms with Crippen LogP contribution in [-0.2, 0) is 19.1 Å². The molecule has 0 N–H and O–H groups in total. The number of ketones is 1. The Bertz CT molecular complexity index is 756. The highest BCUT2D eigenvalue weighted by molar-refractivity contribution is 5.91. The van der Waals surface area contributed by atoms with E-state index in [4.69, 9.17) is 9.47 Å². The Morgan fingerprint density at radius 3 is 2.76 bits per heavy atom. The number of methoxy groups -OCH3 is 1. The highest BCUT2D eigenvalue weighted by Gasteiger charge is 2.65. The van der Waals surface area contributed by atoms with Gasteiger partial charge in [0.25, 0.3) is 0 Å². The molecule has 4 nitrogen and oxygen atoms in total. The molecular weight excluding hydrogens is 364 g/mol. The minimum Gasteiger partial charge on any atom is -0.469 e. The van der Waals surface area contributed by atoms with E-state index in [2.05, 4.69) is 20.8 Å². The van der Waals surface area contributed by atoms with Crippen LogP contribution in [-0.4, -0.2) is 31.1 Å². The fraction of sp³-hybridized carbons (Fsp3) is 0.840. The van der Waals surface area contributed by atoms with Gasteiger partial charge in [0.2, 0.25) is 0 Å². The topological polar surface area (TPSA) is 52.6 Å². The molecule has 4 heteroatoms. The number of carbonyl (C=O) groups is 2. The van der Waals surface area contributed by atoms with Gasteiger partial charge in [-0.15, -0.1) is 0 Å². The van der Waals surface area contributed by atoms with Gasteiger partial charge >= 0.3 is 5.97 Å². The van der Waals surface area contributed by atoms with Gasteiger partial charge < -0.3 is 9.47 Å². The molecule has 2 unspecified atom stereocenters. The molecule has 9 atom stereocenters. The fourth-order valence-corrected chi connectivity index (χ4v) is 8.73. The van der Waals surface area contributed by atoms with Crippen LogP contribution >= 0.6 is 0 Å². The summed E-state index contributed by atoms with van der Waals surface area (Å²) < 4.78 is 11.4. The molecule has 0 aromatic heterocycles. The first-order chi connectivity index (χ1) is 13.8. The summed E-state index contributed by atoms with van der Waals surface area (Å²) in [6.45, 7) is 7.27. The molecule has 3 saturated carbocycles. The van der Waals surface area contributed by atoms with Crippen molar-refractivity contribution in [1.82, 2.24) is 0 Å². The van der Waals surface area contributed by atoms with Crippen molar-refractivity contribution in [2.24, 2.45) is 40.4 Å². The van der Waals surface area contributed by atoms with E-state index in [1.807, 2.05) is 6.08 Å². The molecule has 0 amide bonds. The number of rotatable bonds is 2. The minimum absolute atomic E-state index is 0.00992. The minimum atomic E-state index is -0.154.